The fraction of sp³-hybridized carbons (Fsp3) is 0.227. The molecule has 1 aliphatic rings. The summed E-state index contributed by atoms with van der Waals surface area (Å²) in [6, 6.07) is 17.4. The lowest BCUT2D eigenvalue weighted by molar-refractivity contribution is 0.0713. The molecule has 2 heterocycles. The van der Waals surface area contributed by atoms with Gasteiger partial charge in [0.1, 0.15) is 0 Å². The summed E-state index contributed by atoms with van der Waals surface area (Å²) in [5, 5.41) is 0.684. The number of rotatable bonds is 5. The lowest BCUT2D eigenvalue weighted by Crippen LogP contribution is -2.48. The molecule has 0 unspecified atom stereocenters. The van der Waals surface area contributed by atoms with Gasteiger partial charge in [-0.1, -0.05) is 29.8 Å². The van der Waals surface area contributed by atoms with Crippen LogP contribution >= 0.6 is 11.6 Å². The number of anilines is 1. The minimum absolute atomic E-state index is 0.0921. The largest absolute Gasteiger partial charge is 0.459 e. The summed E-state index contributed by atoms with van der Waals surface area (Å²) in [5.41, 5.74) is 1.43. The van der Waals surface area contributed by atoms with Gasteiger partial charge in [0.05, 0.1) is 16.9 Å². The van der Waals surface area contributed by atoms with Gasteiger partial charge in [0.2, 0.25) is 0 Å². The van der Waals surface area contributed by atoms with Crippen LogP contribution < -0.4 is 4.90 Å². The van der Waals surface area contributed by atoms with Gasteiger partial charge in [-0.3, -0.25) is 4.79 Å². The van der Waals surface area contributed by atoms with Gasteiger partial charge in [-0.15, -0.1) is 0 Å². The van der Waals surface area contributed by atoms with Gasteiger partial charge in [0.15, 0.2) is 15.6 Å². The number of halogens is 1. The molecular weight excluding hydrogens is 424 g/mol. The zero-order valence-electron chi connectivity index (χ0n) is 16.2. The maximum atomic E-state index is 13.0. The lowest BCUT2D eigenvalue weighted by Gasteiger charge is -2.35. The summed E-state index contributed by atoms with van der Waals surface area (Å²) in [5.74, 6) is -0.470. The second-order valence-corrected chi connectivity index (χ2v) is 9.53. The molecule has 0 radical (unpaired) electrons. The Hall–Kier alpha value is -2.77. The maximum absolute atomic E-state index is 13.0. The summed E-state index contributed by atoms with van der Waals surface area (Å²) >= 11 is 5.95. The summed E-state index contributed by atoms with van der Waals surface area (Å²) in [6.45, 7) is 2.39. The Kier molecular flexibility index (Phi) is 5.83. The molecule has 1 saturated heterocycles. The van der Waals surface area contributed by atoms with Crippen LogP contribution in [0.3, 0.4) is 0 Å². The SMILES string of the molecule is O=C(c1occc1CS(=O)(=O)c1ccccc1)N1CCN(c2ccc(Cl)cc2)CC1. The first-order chi connectivity index (χ1) is 14.4. The van der Waals surface area contributed by atoms with Crippen molar-refractivity contribution >= 4 is 33.0 Å². The number of piperazine rings is 1. The third kappa shape index (κ3) is 4.37. The van der Waals surface area contributed by atoms with Gasteiger partial charge >= 0.3 is 0 Å². The van der Waals surface area contributed by atoms with Crippen LogP contribution in [0.4, 0.5) is 5.69 Å². The van der Waals surface area contributed by atoms with Gasteiger partial charge < -0.3 is 14.2 Å². The van der Waals surface area contributed by atoms with Crippen LogP contribution in [0.1, 0.15) is 16.1 Å². The molecule has 4 rings (SSSR count). The molecule has 1 fully saturated rings. The van der Waals surface area contributed by atoms with E-state index in [0.29, 0.717) is 36.8 Å². The smallest absolute Gasteiger partial charge is 0.289 e. The molecule has 1 aromatic heterocycles. The van der Waals surface area contributed by atoms with Gasteiger partial charge in [0.25, 0.3) is 5.91 Å². The Balaban J connectivity index is 1.44. The molecular formula is C22H21ClN2O4S. The number of furan rings is 1. The second-order valence-electron chi connectivity index (χ2n) is 7.10. The zero-order chi connectivity index (χ0) is 21.1. The minimum atomic E-state index is -3.57. The topological polar surface area (TPSA) is 70.8 Å². The number of hydrogen-bond acceptors (Lipinski definition) is 5. The summed E-state index contributed by atoms with van der Waals surface area (Å²) in [6.07, 6.45) is 1.37. The van der Waals surface area contributed by atoms with Crippen LogP contribution in [0, 0.1) is 0 Å². The number of carbonyl (C=O) groups is 1. The molecule has 0 spiro atoms. The molecule has 0 aliphatic carbocycles. The highest BCUT2D eigenvalue weighted by molar-refractivity contribution is 7.90. The van der Waals surface area contributed by atoms with Gasteiger partial charge in [0, 0.05) is 42.5 Å². The van der Waals surface area contributed by atoms with Gasteiger partial charge in [-0.05, 0) is 42.5 Å². The van der Waals surface area contributed by atoms with Crippen LogP contribution in [-0.4, -0.2) is 45.4 Å². The fourth-order valence-electron chi connectivity index (χ4n) is 3.52. The van der Waals surface area contributed by atoms with Crippen molar-refractivity contribution in [3.63, 3.8) is 0 Å². The Morgan fingerprint density at radius 2 is 1.60 bits per heavy atom. The molecule has 0 saturated carbocycles. The molecule has 0 N–H and O–H groups in total. The van der Waals surface area contributed by atoms with Crippen LogP contribution in [-0.2, 0) is 15.6 Å². The van der Waals surface area contributed by atoms with Gasteiger partial charge in [-0.2, -0.15) is 0 Å². The summed E-state index contributed by atoms with van der Waals surface area (Å²) < 4.78 is 30.8. The average molecular weight is 445 g/mol. The van der Waals surface area contributed by atoms with E-state index in [1.807, 2.05) is 24.3 Å². The standard InChI is InChI=1S/C22H21ClN2O4S/c23-18-6-8-19(9-7-18)24-11-13-25(14-12-24)22(26)21-17(10-15-29-21)16-30(27,28)20-4-2-1-3-5-20/h1-10,15H,11-14,16H2. The van der Waals surface area contributed by atoms with Crippen LogP contribution in [0.2, 0.25) is 5.02 Å². The van der Waals surface area contributed by atoms with Crippen molar-refractivity contribution in [3.05, 3.63) is 83.3 Å². The maximum Gasteiger partial charge on any atom is 0.289 e. The number of benzene rings is 2. The quantitative estimate of drug-likeness (QED) is 0.597. The number of sulfone groups is 1. The predicted octanol–water partition coefficient (Wildman–Crippen LogP) is 3.87. The van der Waals surface area contributed by atoms with Crippen molar-refractivity contribution in [3.8, 4) is 0 Å². The Morgan fingerprint density at radius 3 is 2.27 bits per heavy atom. The average Bonchev–Trinajstić information content (AvgIpc) is 3.22. The van der Waals surface area contributed by atoms with E-state index in [1.165, 1.54) is 6.26 Å². The molecule has 2 aromatic carbocycles. The lowest BCUT2D eigenvalue weighted by atomic mass is 10.2. The van der Waals surface area contributed by atoms with Crippen LogP contribution in [0.25, 0.3) is 0 Å². The number of carbonyl (C=O) groups excluding carboxylic acids is 1. The minimum Gasteiger partial charge on any atom is -0.459 e. The molecule has 30 heavy (non-hydrogen) atoms. The second kappa shape index (κ2) is 8.53. The molecule has 0 bridgehead atoms. The van der Waals surface area contributed by atoms with E-state index in [4.69, 9.17) is 16.0 Å². The van der Waals surface area contributed by atoms with E-state index >= 15 is 0 Å². The van der Waals surface area contributed by atoms with E-state index in [-0.39, 0.29) is 22.3 Å². The molecule has 3 aromatic rings. The van der Waals surface area contributed by atoms with Crippen molar-refractivity contribution in [2.45, 2.75) is 10.6 Å². The first-order valence-electron chi connectivity index (χ1n) is 9.58. The van der Waals surface area contributed by atoms with Crippen molar-refractivity contribution in [2.24, 2.45) is 0 Å². The van der Waals surface area contributed by atoms with Crippen LogP contribution in [0.15, 0.2) is 76.2 Å². The number of hydrogen-bond donors (Lipinski definition) is 0. The predicted molar refractivity (Wildman–Crippen MR) is 116 cm³/mol. The highest BCUT2D eigenvalue weighted by Gasteiger charge is 2.28. The summed E-state index contributed by atoms with van der Waals surface area (Å²) in [7, 11) is -3.57. The first kappa shape index (κ1) is 20.5. The van der Waals surface area contributed by atoms with E-state index in [2.05, 4.69) is 4.90 Å². The van der Waals surface area contributed by atoms with E-state index < -0.39 is 9.84 Å². The molecule has 1 aliphatic heterocycles. The number of nitrogens with zero attached hydrogens (tertiary/aromatic N) is 2. The van der Waals surface area contributed by atoms with Crippen LogP contribution in [0.5, 0.6) is 0 Å². The van der Waals surface area contributed by atoms with E-state index in [0.717, 1.165) is 5.69 Å². The zero-order valence-corrected chi connectivity index (χ0v) is 17.8. The first-order valence-corrected chi connectivity index (χ1v) is 11.6. The van der Waals surface area contributed by atoms with Crippen molar-refractivity contribution in [1.29, 1.82) is 0 Å². The Bertz CT molecular complexity index is 1120. The van der Waals surface area contributed by atoms with Crippen molar-refractivity contribution in [2.75, 3.05) is 31.1 Å². The molecule has 0 atom stereocenters. The Labute approximate surface area is 180 Å². The third-order valence-corrected chi connectivity index (χ3v) is 7.08. The third-order valence-electron chi connectivity index (χ3n) is 5.15. The van der Waals surface area contributed by atoms with Gasteiger partial charge in [-0.25, -0.2) is 8.42 Å². The van der Waals surface area contributed by atoms with E-state index in [1.54, 1.807) is 41.3 Å². The monoisotopic (exact) mass is 444 g/mol. The molecule has 8 heteroatoms. The highest BCUT2D eigenvalue weighted by Crippen LogP contribution is 2.23. The highest BCUT2D eigenvalue weighted by atomic mass is 35.5. The number of amides is 1. The Morgan fingerprint density at radius 1 is 0.933 bits per heavy atom. The molecule has 156 valence electrons. The van der Waals surface area contributed by atoms with Crippen molar-refractivity contribution < 1.29 is 17.6 Å². The molecule has 6 nitrogen and oxygen atoms in total. The molecule has 1 amide bonds. The van der Waals surface area contributed by atoms with Crippen molar-refractivity contribution in [1.82, 2.24) is 4.90 Å². The fourth-order valence-corrected chi connectivity index (χ4v) is 5.02. The normalized spacial score (nSPS) is 14.7. The van der Waals surface area contributed by atoms with E-state index in [9.17, 15) is 13.2 Å². The summed E-state index contributed by atoms with van der Waals surface area (Å²) in [4.78, 5) is 17.1.